The van der Waals surface area contributed by atoms with Crippen LogP contribution in [0.3, 0.4) is 0 Å². The van der Waals surface area contributed by atoms with Crippen LogP contribution >= 0.6 is 23.2 Å². The molecular weight excluding hydrogens is 333 g/mol. The second kappa shape index (κ2) is 6.17. The van der Waals surface area contributed by atoms with E-state index in [2.05, 4.69) is 22.5 Å². The van der Waals surface area contributed by atoms with Crippen LogP contribution in [0.4, 0.5) is 0 Å². The van der Waals surface area contributed by atoms with Gasteiger partial charge >= 0.3 is 0 Å². The summed E-state index contributed by atoms with van der Waals surface area (Å²) in [5.41, 5.74) is 4.23. The lowest BCUT2D eigenvalue weighted by molar-refractivity contribution is -0.122. The van der Waals surface area contributed by atoms with Crippen LogP contribution in [0.15, 0.2) is 30.3 Å². The SMILES string of the molecule is Cc1nn(Cc2ccccc2)c(C)c1CNC(=O)[C@@H]1CC1(Cl)Cl. The maximum absolute atomic E-state index is 12.0. The van der Waals surface area contributed by atoms with Crippen LogP contribution in [0.1, 0.15) is 28.9 Å². The maximum atomic E-state index is 12.0. The Balaban J connectivity index is 1.67. The summed E-state index contributed by atoms with van der Waals surface area (Å²) in [6, 6.07) is 10.2. The second-order valence-corrected chi connectivity index (χ2v) is 7.57. The first-order valence-electron chi connectivity index (χ1n) is 7.61. The molecule has 1 aromatic carbocycles. The third-order valence-electron chi connectivity index (χ3n) is 4.29. The molecule has 0 spiro atoms. The van der Waals surface area contributed by atoms with E-state index in [0.717, 1.165) is 23.5 Å². The fourth-order valence-corrected chi connectivity index (χ4v) is 3.20. The van der Waals surface area contributed by atoms with Crippen LogP contribution in [0.5, 0.6) is 0 Å². The van der Waals surface area contributed by atoms with Crippen LogP contribution in [0.2, 0.25) is 0 Å². The summed E-state index contributed by atoms with van der Waals surface area (Å²) in [7, 11) is 0. The largest absolute Gasteiger partial charge is 0.352 e. The minimum Gasteiger partial charge on any atom is -0.352 e. The van der Waals surface area contributed by atoms with Gasteiger partial charge in [0.1, 0.15) is 4.33 Å². The van der Waals surface area contributed by atoms with E-state index in [-0.39, 0.29) is 11.8 Å². The summed E-state index contributed by atoms with van der Waals surface area (Å²) < 4.78 is 1.09. The molecule has 0 bridgehead atoms. The number of benzene rings is 1. The van der Waals surface area contributed by atoms with E-state index in [4.69, 9.17) is 23.2 Å². The molecule has 1 saturated carbocycles. The number of aryl methyl sites for hydroxylation is 1. The van der Waals surface area contributed by atoms with Crippen molar-refractivity contribution in [1.29, 1.82) is 0 Å². The Bertz CT molecular complexity index is 725. The number of carbonyl (C=O) groups excluding carboxylic acids is 1. The second-order valence-electron chi connectivity index (χ2n) is 6.03. The topological polar surface area (TPSA) is 46.9 Å². The molecule has 1 aromatic heterocycles. The van der Waals surface area contributed by atoms with Gasteiger partial charge in [-0.15, -0.1) is 23.2 Å². The average molecular weight is 352 g/mol. The lowest BCUT2D eigenvalue weighted by Gasteiger charge is -2.07. The highest BCUT2D eigenvalue weighted by atomic mass is 35.5. The Morgan fingerprint density at radius 1 is 1.35 bits per heavy atom. The first-order valence-corrected chi connectivity index (χ1v) is 8.36. The summed E-state index contributed by atoms with van der Waals surface area (Å²) in [5.74, 6) is -0.393. The van der Waals surface area contributed by atoms with Gasteiger partial charge < -0.3 is 5.32 Å². The highest BCUT2D eigenvalue weighted by molar-refractivity contribution is 6.52. The van der Waals surface area contributed by atoms with E-state index in [0.29, 0.717) is 13.0 Å². The van der Waals surface area contributed by atoms with Crippen LogP contribution < -0.4 is 5.32 Å². The summed E-state index contributed by atoms with van der Waals surface area (Å²) in [4.78, 5) is 12.0. The number of carbonyl (C=O) groups is 1. The maximum Gasteiger partial charge on any atom is 0.226 e. The van der Waals surface area contributed by atoms with E-state index in [1.165, 1.54) is 5.56 Å². The molecule has 4 nitrogen and oxygen atoms in total. The molecule has 0 saturated heterocycles. The molecule has 1 N–H and O–H groups in total. The van der Waals surface area contributed by atoms with E-state index in [9.17, 15) is 4.79 Å². The lowest BCUT2D eigenvalue weighted by Crippen LogP contribution is -2.26. The number of nitrogens with one attached hydrogen (secondary N) is 1. The minimum atomic E-state index is -0.883. The molecule has 6 heteroatoms. The van der Waals surface area contributed by atoms with Crippen molar-refractivity contribution in [2.75, 3.05) is 0 Å². The molecule has 2 aromatic rings. The molecule has 0 unspecified atom stereocenters. The summed E-state index contributed by atoms with van der Waals surface area (Å²) in [5, 5.41) is 7.50. The number of nitrogens with zero attached hydrogens (tertiary/aromatic N) is 2. The first-order chi connectivity index (χ1) is 10.9. The molecule has 1 aliphatic carbocycles. The van der Waals surface area contributed by atoms with Crippen LogP contribution in [0, 0.1) is 19.8 Å². The van der Waals surface area contributed by atoms with Gasteiger partial charge in [0.2, 0.25) is 5.91 Å². The van der Waals surface area contributed by atoms with Crippen molar-refractivity contribution in [3.63, 3.8) is 0 Å². The zero-order valence-electron chi connectivity index (χ0n) is 13.1. The van der Waals surface area contributed by atoms with Gasteiger partial charge in [-0.25, -0.2) is 0 Å². The van der Waals surface area contributed by atoms with Crippen molar-refractivity contribution < 1.29 is 4.79 Å². The van der Waals surface area contributed by atoms with Gasteiger partial charge in [-0.1, -0.05) is 30.3 Å². The molecule has 1 aliphatic rings. The third-order valence-corrected chi connectivity index (χ3v) is 5.12. The third kappa shape index (κ3) is 3.54. The normalized spacial score (nSPS) is 18.7. The van der Waals surface area contributed by atoms with Gasteiger partial charge in [-0.3, -0.25) is 9.48 Å². The van der Waals surface area contributed by atoms with E-state index < -0.39 is 4.33 Å². The molecule has 0 radical (unpaired) electrons. The number of halogens is 2. The predicted octanol–water partition coefficient (Wildman–Crippen LogP) is 3.36. The van der Waals surface area contributed by atoms with Crippen molar-refractivity contribution in [2.24, 2.45) is 5.92 Å². The monoisotopic (exact) mass is 351 g/mol. The molecule has 0 aliphatic heterocycles. The van der Waals surface area contributed by atoms with Crippen LogP contribution in [-0.2, 0) is 17.9 Å². The van der Waals surface area contributed by atoms with E-state index >= 15 is 0 Å². The zero-order chi connectivity index (χ0) is 16.6. The van der Waals surface area contributed by atoms with Gasteiger partial charge in [0.25, 0.3) is 0 Å². The standard InChI is InChI=1S/C17H19Cl2N3O/c1-11-14(9-20-16(23)15-8-17(15,18)19)12(2)22(21-11)10-13-6-4-3-5-7-13/h3-7,15H,8-10H2,1-2H3,(H,20,23)/t15-/m0/s1. The number of hydrogen-bond acceptors (Lipinski definition) is 2. The number of alkyl halides is 2. The van der Waals surface area contributed by atoms with Gasteiger partial charge in [0.15, 0.2) is 0 Å². The highest BCUT2D eigenvalue weighted by Gasteiger charge is 2.56. The van der Waals surface area contributed by atoms with Gasteiger partial charge in [-0.2, -0.15) is 5.10 Å². The van der Waals surface area contributed by atoms with Crippen molar-refractivity contribution in [1.82, 2.24) is 15.1 Å². The lowest BCUT2D eigenvalue weighted by atomic mass is 10.2. The number of aromatic nitrogens is 2. The summed E-state index contributed by atoms with van der Waals surface area (Å²) >= 11 is 11.9. The fraction of sp³-hybridized carbons (Fsp3) is 0.412. The average Bonchev–Trinajstić information content (AvgIpc) is 3.07. The Morgan fingerprint density at radius 2 is 2.00 bits per heavy atom. The quantitative estimate of drug-likeness (QED) is 0.839. The van der Waals surface area contributed by atoms with E-state index in [1.54, 1.807) is 0 Å². The predicted molar refractivity (Wildman–Crippen MR) is 91.6 cm³/mol. The Hall–Kier alpha value is -1.52. The van der Waals surface area contributed by atoms with Gasteiger partial charge in [0.05, 0.1) is 18.2 Å². The van der Waals surface area contributed by atoms with Gasteiger partial charge in [-0.05, 0) is 25.8 Å². The Labute approximate surface area is 145 Å². The zero-order valence-corrected chi connectivity index (χ0v) is 14.7. The smallest absolute Gasteiger partial charge is 0.226 e. The number of hydrogen-bond donors (Lipinski definition) is 1. The minimum absolute atomic E-state index is 0.0930. The Morgan fingerprint density at radius 3 is 2.61 bits per heavy atom. The Kier molecular flexibility index (Phi) is 4.39. The van der Waals surface area contributed by atoms with Gasteiger partial charge in [0, 0.05) is 17.8 Å². The number of rotatable bonds is 5. The molecule has 1 amide bonds. The molecule has 1 atom stereocenters. The first kappa shape index (κ1) is 16.3. The molecule has 1 fully saturated rings. The molecule has 122 valence electrons. The fourth-order valence-electron chi connectivity index (χ4n) is 2.70. The van der Waals surface area contributed by atoms with Crippen LogP contribution in [0.25, 0.3) is 0 Å². The molecule has 1 heterocycles. The van der Waals surface area contributed by atoms with Crippen molar-refractivity contribution in [2.45, 2.75) is 37.7 Å². The van der Waals surface area contributed by atoms with E-state index in [1.807, 2.05) is 36.7 Å². The molecule has 3 rings (SSSR count). The van der Waals surface area contributed by atoms with Crippen molar-refractivity contribution >= 4 is 29.1 Å². The number of amides is 1. The summed E-state index contributed by atoms with van der Waals surface area (Å²) in [6.07, 6.45) is 0.521. The van der Waals surface area contributed by atoms with Crippen molar-refractivity contribution in [3.8, 4) is 0 Å². The summed E-state index contributed by atoms with van der Waals surface area (Å²) in [6.45, 7) is 5.15. The molecule has 23 heavy (non-hydrogen) atoms. The highest BCUT2D eigenvalue weighted by Crippen LogP contribution is 2.53. The molecular formula is C17H19Cl2N3O. The van der Waals surface area contributed by atoms with Crippen molar-refractivity contribution in [3.05, 3.63) is 52.8 Å². The van der Waals surface area contributed by atoms with Crippen LogP contribution in [-0.4, -0.2) is 20.0 Å².